The van der Waals surface area contributed by atoms with E-state index in [0.717, 1.165) is 11.5 Å². The minimum absolute atomic E-state index is 0.0449. The van der Waals surface area contributed by atoms with Gasteiger partial charge in [0.15, 0.2) is 0 Å². The van der Waals surface area contributed by atoms with Crippen molar-refractivity contribution in [1.29, 1.82) is 0 Å². The van der Waals surface area contributed by atoms with Crippen LogP contribution in [0.4, 0.5) is 0 Å². The van der Waals surface area contributed by atoms with Gasteiger partial charge in [-0.05, 0) is 43.9 Å². The molecule has 2 heteroatoms. The van der Waals surface area contributed by atoms with Crippen LogP contribution in [-0.2, 0) is 21.7 Å². The first-order valence-corrected chi connectivity index (χ1v) is 11.8. The van der Waals surface area contributed by atoms with Crippen LogP contribution in [0.1, 0.15) is 112 Å². The Morgan fingerprint density at radius 1 is 0.469 bits per heavy atom. The maximum Gasteiger partial charge on any atom is 0.326 e. The highest BCUT2D eigenvalue weighted by Gasteiger charge is 2.31. The number of para-hydroxylation sites is 2. The highest BCUT2D eigenvalue weighted by Crippen LogP contribution is 2.43. The van der Waals surface area contributed by atoms with E-state index in [1.807, 2.05) is 6.92 Å². The standard InChI is InChI=1S/C30H45O2/c1-20(31-25-21(27(2,3)4)16-14-17-22(25)28(5,6)7)32-26-23(29(8,9)10)18-15-19-24(26)30(11,12)13/h14-19H,1-13H3. The third-order valence-electron chi connectivity index (χ3n) is 5.75. The van der Waals surface area contributed by atoms with Gasteiger partial charge in [-0.25, -0.2) is 0 Å². The van der Waals surface area contributed by atoms with Gasteiger partial charge < -0.3 is 9.47 Å². The van der Waals surface area contributed by atoms with Gasteiger partial charge in [-0.2, -0.15) is 0 Å². The molecule has 0 aliphatic carbocycles. The Balaban J connectivity index is 2.57. The monoisotopic (exact) mass is 437 g/mol. The number of hydrogen-bond acceptors (Lipinski definition) is 2. The first-order chi connectivity index (χ1) is 14.3. The van der Waals surface area contributed by atoms with Crippen LogP contribution in [0, 0.1) is 6.29 Å². The van der Waals surface area contributed by atoms with Crippen molar-refractivity contribution < 1.29 is 9.47 Å². The smallest absolute Gasteiger partial charge is 0.326 e. The fourth-order valence-corrected chi connectivity index (χ4v) is 3.96. The summed E-state index contributed by atoms with van der Waals surface area (Å²) in [6, 6.07) is 12.9. The first kappa shape index (κ1) is 26.3. The molecule has 1 radical (unpaired) electrons. The Morgan fingerprint density at radius 3 is 0.875 bits per heavy atom. The van der Waals surface area contributed by atoms with E-state index in [1.165, 1.54) is 22.3 Å². The van der Waals surface area contributed by atoms with Crippen LogP contribution >= 0.6 is 0 Å². The molecular weight excluding hydrogens is 392 g/mol. The van der Waals surface area contributed by atoms with Gasteiger partial charge in [0.25, 0.3) is 0 Å². The zero-order chi connectivity index (χ0) is 24.7. The fourth-order valence-electron chi connectivity index (χ4n) is 3.96. The zero-order valence-electron chi connectivity index (χ0n) is 22.8. The maximum atomic E-state index is 6.56. The van der Waals surface area contributed by atoms with Crippen LogP contribution in [0.2, 0.25) is 0 Å². The number of benzene rings is 2. The molecule has 2 rings (SSSR count). The molecule has 2 nitrogen and oxygen atoms in total. The van der Waals surface area contributed by atoms with Gasteiger partial charge in [0.05, 0.1) is 0 Å². The Bertz CT molecular complexity index is 783. The molecule has 0 amide bonds. The van der Waals surface area contributed by atoms with Crippen LogP contribution in [0.5, 0.6) is 11.5 Å². The number of rotatable bonds is 4. The van der Waals surface area contributed by atoms with E-state index in [4.69, 9.17) is 9.47 Å². The lowest BCUT2D eigenvalue weighted by Crippen LogP contribution is -2.24. The molecule has 0 aliphatic heterocycles. The largest absolute Gasteiger partial charge is 0.445 e. The summed E-state index contributed by atoms with van der Waals surface area (Å²) in [5, 5.41) is 0. The molecule has 2 aromatic carbocycles. The van der Waals surface area contributed by atoms with Crippen molar-refractivity contribution in [2.24, 2.45) is 0 Å². The third kappa shape index (κ3) is 6.09. The molecule has 0 aliphatic rings. The maximum absolute atomic E-state index is 6.56. The summed E-state index contributed by atoms with van der Waals surface area (Å²) in [7, 11) is 0. The van der Waals surface area contributed by atoms with Crippen molar-refractivity contribution in [3.05, 3.63) is 64.9 Å². The van der Waals surface area contributed by atoms with Gasteiger partial charge in [0.2, 0.25) is 0 Å². The second-order valence-electron chi connectivity index (χ2n) is 13.1. The quantitative estimate of drug-likeness (QED) is 0.475. The zero-order valence-corrected chi connectivity index (χ0v) is 22.8. The molecule has 177 valence electrons. The Hall–Kier alpha value is -1.96. The molecule has 0 spiro atoms. The van der Waals surface area contributed by atoms with E-state index in [2.05, 4.69) is 119 Å². The number of hydrogen-bond donors (Lipinski definition) is 0. The van der Waals surface area contributed by atoms with Gasteiger partial charge in [-0.3, -0.25) is 0 Å². The second kappa shape index (κ2) is 8.76. The van der Waals surface area contributed by atoms with E-state index in [0.29, 0.717) is 6.29 Å². The molecule has 0 aromatic heterocycles. The molecule has 0 unspecified atom stereocenters. The average Bonchev–Trinajstić information content (AvgIpc) is 2.58. The summed E-state index contributed by atoms with van der Waals surface area (Å²) < 4.78 is 13.1. The highest BCUT2D eigenvalue weighted by molar-refractivity contribution is 5.50. The molecule has 0 atom stereocenters. The van der Waals surface area contributed by atoms with Crippen LogP contribution in [0.3, 0.4) is 0 Å². The van der Waals surface area contributed by atoms with Crippen LogP contribution < -0.4 is 9.47 Å². The van der Waals surface area contributed by atoms with Crippen LogP contribution in [-0.4, -0.2) is 0 Å². The van der Waals surface area contributed by atoms with E-state index in [9.17, 15) is 0 Å². The lowest BCUT2D eigenvalue weighted by Gasteiger charge is -2.32. The van der Waals surface area contributed by atoms with Crippen molar-refractivity contribution in [2.45, 2.75) is 112 Å². The SMILES string of the molecule is C[C](Oc1c(C(C)(C)C)cccc1C(C)(C)C)Oc1c(C(C)(C)C)cccc1C(C)(C)C. The molecule has 0 bridgehead atoms. The van der Waals surface area contributed by atoms with E-state index >= 15 is 0 Å². The van der Waals surface area contributed by atoms with E-state index in [1.54, 1.807) is 0 Å². The molecule has 0 saturated heterocycles. The van der Waals surface area contributed by atoms with E-state index in [-0.39, 0.29) is 21.7 Å². The van der Waals surface area contributed by atoms with Crippen molar-refractivity contribution in [3.8, 4) is 11.5 Å². The summed E-state index contributed by atoms with van der Waals surface area (Å²) in [5.74, 6) is 1.83. The minimum atomic E-state index is -0.0449. The van der Waals surface area contributed by atoms with Gasteiger partial charge in [-0.1, -0.05) is 119 Å². The molecule has 2 aromatic rings. The molecule has 0 N–H and O–H groups in total. The van der Waals surface area contributed by atoms with Gasteiger partial charge in [-0.15, -0.1) is 0 Å². The van der Waals surface area contributed by atoms with Crippen LogP contribution in [0.15, 0.2) is 36.4 Å². The Morgan fingerprint density at radius 2 is 0.688 bits per heavy atom. The summed E-state index contributed by atoms with van der Waals surface area (Å²) in [6.07, 6.45) is 0.550. The predicted molar refractivity (Wildman–Crippen MR) is 138 cm³/mol. The second-order valence-corrected chi connectivity index (χ2v) is 13.1. The average molecular weight is 438 g/mol. The Labute approximate surface area is 197 Å². The summed E-state index contributed by atoms with van der Waals surface area (Å²) in [6.45, 7) is 28.6. The predicted octanol–water partition coefficient (Wildman–Crippen LogP) is 8.84. The summed E-state index contributed by atoms with van der Waals surface area (Å²) >= 11 is 0. The van der Waals surface area contributed by atoms with Crippen molar-refractivity contribution in [1.82, 2.24) is 0 Å². The lowest BCUT2D eigenvalue weighted by atomic mass is 9.79. The number of ether oxygens (including phenoxy) is 2. The molecule has 32 heavy (non-hydrogen) atoms. The van der Waals surface area contributed by atoms with Crippen molar-refractivity contribution in [3.63, 3.8) is 0 Å². The van der Waals surface area contributed by atoms with Gasteiger partial charge in [0.1, 0.15) is 11.5 Å². The van der Waals surface area contributed by atoms with E-state index < -0.39 is 0 Å². The third-order valence-corrected chi connectivity index (χ3v) is 5.75. The molecule has 0 fully saturated rings. The summed E-state index contributed by atoms with van der Waals surface area (Å²) in [4.78, 5) is 0. The van der Waals surface area contributed by atoms with Crippen molar-refractivity contribution >= 4 is 0 Å². The topological polar surface area (TPSA) is 18.5 Å². The fraction of sp³-hybridized carbons (Fsp3) is 0.567. The highest BCUT2D eigenvalue weighted by atomic mass is 16.7. The molecule has 0 heterocycles. The molecule has 0 saturated carbocycles. The summed E-state index contributed by atoms with van der Waals surface area (Å²) in [5.41, 5.74) is 4.57. The minimum Gasteiger partial charge on any atom is -0.445 e. The lowest BCUT2D eigenvalue weighted by molar-refractivity contribution is 0.125. The normalized spacial score (nSPS) is 13.4. The van der Waals surface area contributed by atoms with Gasteiger partial charge in [0, 0.05) is 6.92 Å². The Kier molecular flexibility index (Phi) is 7.20. The van der Waals surface area contributed by atoms with Gasteiger partial charge >= 0.3 is 6.29 Å². The van der Waals surface area contributed by atoms with Crippen LogP contribution in [0.25, 0.3) is 0 Å². The molecular formula is C30H45O2. The first-order valence-electron chi connectivity index (χ1n) is 11.8. The van der Waals surface area contributed by atoms with Crippen molar-refractivity contribution in [2.75, 3.05) is 0 Å².